The molecule has 0 unspecified atom stereocenters. The van der Waals surface area contributed by atoms with Crippen molar-refractivity contribution in [1.82, 2.24) is 14.3 Å². The summed E-state index contributed by atoms with van der Waals surface area (Å²) in [7, 11) is -3.52. The van der Waals surface area contributed by atoms with Crippen LogP contribution in [0.4, 0.5) is 5.82 Å². The van der Waals surface area contributed by atoms with E-state index in [2.05, 4.69) is 15.3 Å². The average molecular weight is 421 g/mol. The molecule has 1 aromatic heterocycles. The second-order valence-electron chi connectivity index (χ2n) is 7.40. The van der Waals surface area contributed by atoms with Gasteiger partial charge in [0.1, 0.15) is 5.82 Å². The molecular weight excluding hydrogens is 396 g/mol. The molecule has 1 aliphatic carbocycles. The fraction of sp³-hybridized carbons (Fsp3) is 0.474. The SMILES string of the molecule is CSc1ccc(S(=O)(=O)N2C[C@H]3C[C@@H](Nc4cnccn4)[C@H](O)C[C@H]3C2)cc1. The van der Waals surface area contributed by atoms with Gasteiger partial charge in [-0.05, 0) is 55.2 Å². The van der Waals surface area contributed by atoms with E-state index in [9.17, 15) is 13.5 Å². The second kappa shape index (κ2) is 7.98. The van der Waals surface area contributed by atoms with Crippen LogP contribution in [0, 0.1) is 11.8 Å². The lowest BCUT2D eigenvalue weighted by atomic mass is 9.77. The molecule has 2 fully saturated rings. The van der Waals surface area contributed by atoms with Crippen molar-refractivity contribution in [3.63, 3.8) is 0 Å². The number of nitrogens with one attached hydrogen (secondary N) is 1. The summed E-state index contributed by atoms with van der Waals surface area (Å²) >= 11 is 1.59. The van der Waals surface area contributed by atoms with E-state index in [0.29, 0.717) is 36.6 Å². The highest BCUT2D eigenvalue weighted by molar-refractivity contribution is 7.98. The van der Waals surface area contributed by atoms with E-state index in [4.69, 9.17) is 0 Å². The highest BCUT2D eigenvalue weighted by atomic mass is 32.2. The van der Waals surface area contributed by atoms with Gasteiger partial charge < -0.3 is 10.4 Å². The second-order valence-corrected chi connectivity index (χ2v) is 10.2. The molecule has 7 nitrogen and oxygen atoms in total. The molecule has 2 N–H and O–H groups in total. The van der Waals surface area contributed by atoms with Crippen LogP contribution in [0.15, 0.2) is 52.6 Å². The Balaban J connectivity index is 1.46. The zero-order chi connectivity index (χ0) is 19.7. The summed E-state index contributed by atoms with van der Waals surface area (Å²) in [6, 6.07) is 6.88. The summed E-state index contributed by atoms with van der Waals surface area (Å²) in [4.78, 5) is 9.61. The van der Waals surface area contributed by atoms with E-state index in [1.54, 1.807) is 46.8 Å². The number of nitrogens with zero attached hydrogens (tertiary/aromatic N) is 3. The molecule has 1 saturated carbocycles. The van der Waals surface area contributed by atoms with Crippen LogP contribution in [0.1, 0.15) is 12.8 Å². The van der Waals surface area contributed by atoms with E-state index < -0.39 is 16.1 Å². The number of hydrogen-bond donors (Lipinski definition) is 2. The molecule has 2 aromatic rings. The van der Waals surface area contributed by atoms with E-state index in [-0.39, 0.29) is 17.9 Å². The van der Waals surface area contributed by atoms with Gasteiger partial charge in [0.2, 0.25) is 10.0 Å². The van der Waals surface area contributed by atoms with Gasteiger partial charge >= 0.3 is 0 Å². The number of anilines is 1. The third-order valence-electron chi connectivity index (χ3n) is 5.70. The van der Waals surface area contributed by atoms with Crippen molar-refractivity contribution in [1.29, 1.82) is 0 Å². The molecular formula is C19H24N4O3S2. The Bertz CT molecular complexity index is 909. The van der Waals surface area contributed by atoms with Gasteiger partial charge in [-0.25, -0.2) is 13.4 Å². The van der Waals surface area contributed by atoms with Crippen LogP contribution in [0.5, 0.6) is 0 Å². The molecule has 1 aromatic carbocycles. The molecule has 1 saturated heterocycles. The van der Waals surface area contributed by atoms with Gasteiger partial charge in [-0.3, -0.25) is 4.98 Å². The van der Waals surface area contributed by atoms with Crippen LogP contribution in [0.2, 0.25) is 0 Å². The normalized spacial score (nSPS) is 28.1. The van der Waals surface area contributed by atoms with Crippen molar-refractivity contribution in [3.8, 4) is 0 Å². The minimum absolute atomic E-state index is 0.151. The summed E-state index contributed by atoms with van der Waals surface area (Å²) < 4.78 is 27.7. The maximum atomic E-state index is 13.1. The summed E-state index contributed by atoms with van der Waals surface area (Å²) in [5.74, 6) is 1.02. The first-order valence-corrected chi connectivity index (χ1v) is 12.0. The van der Waals surface area contributed by atoms with Crippen molar-refractivity contribution in [3.05, 3.63) is 42.9 Å². The topological polar surface area (TPSA) is 95.4 Å². The molecule has 9 heteroatoms. The first kappa shape index (κ1) is 19.6. The quantitative estimate of drug-likeness (QED) is 0.715. The fourth-order valence-electron chi connectivity index (χ4n) is 4.20. The van der Waals surface area contributed by atoms with Gasteiger partial charge in [-0.15, -0.1) is 11.8 Å². The first-order chi connectivity index (χ1) is 13.5. The van der Waals surface area contributed by atoms with E-state index in [1.165, 1.54) is 0 Å². The number of aliphatic hydroxyl groups is 1. The lowest BCUT2D eigenvalue weighted by Crippen LogP contribution is -2.43. The van der Waals surface area contributed by atoms with E-state index >= 15 is 0 Å². The predicted molar refractivity (Wildman–Crippen MR) is 109 cm³/mol. The highest BCUT2D eigenvalue weighted by Gasteiger charge is 2.45. The van der Waals surface area contributed by atoms with Crippen LogP contribution in [0.3, 0.4) is 0 Å². The van der Waals surface area contributed by atoms with Crippen molar-refractivity contribution in [2.45, 2.75) is 34.8 Å². The Hall–Kier alpha value is -1.68. The van der Waals surface area contributed by atoms with E-state index in [1.807, 2.05) is 18.4 Å². The molecule has 150 valence electrons. The number of aliphatic hydroxyl groups excluding tert-OH is 1. The average Bonchev–Trinajstić information content (AvgIpc) is 3.12. The van der Waals surface area contributed by atoms with Gasteiger partial charge in [0.25, 0.3) is 0 Å². The van der Waals surface area contributed by atoms with Gasteiger partial charge in [0, 0.05) is 30.4 Å². The minimum Gasteiger partial charge on any atom is -0.391 e. The molecule has 4 atom stereocenters. The molecule has 2 aliphatic rings. The van der Waals surface area contributed by atoms with Crippen molar-refractivity contribution >= 4 is 27.6 Å². The molecule has 0 spiro atoms. The maximum Gasteiger partial charge on any atom is 0.243 e. The first-order valence-electron chi connectivity index (χ1n) is 9.32. The number of thioether (sulfide) groups is 1. The lowest BCUT2D eigenvalue weighted by Gasteiger charge is -2.35. The number of benzene rings is 1. The lowest BCUT2D eigenvalue weighted by molar-refractivity contribution is 0.0736. The smallest absolute Gasteiger partial charge is 0.243 e. The number of sulfonamides is 1. The highest BCUT2D eigenvalue weighted by Crippen LogP contribution is 2.39. The Morgan fingerprint density at radius 1 is 1.14 bits per heavy atom. The Morgan fingerprint density at radius 3 is 2.50 bits per heavy atom. The number of rotatable bonds is 5. The van der Waals surface area contributed by atoms with Crippen molar-refractivity contribution in [2.75, 3.05) is 24.7 Å². The molecule has 0 amide bonds. The monoisotopic (exact) mass is 420 g/mol. The standard InChI is InChI=1S/C19H24N4O3S2/c1-27-15-2-4-16(5-3-15)28(25,26)23-11-13-8-17(18(24)9-14(13)12-23)22-19-10-20-6-7-21-19/h2-7,10,13-14,17-18,24H,8-9,11-12H2,1H3,(H,21,22)/t13-,14+,17-,18-/m1/s1. The molecule has 28 heavy (non-hydrogen) atoms. The number of aromatic nitrogens is 2. The van der Waals surface area contributed by atoms with Crippen LogP contribution in [-0.2, 0) is 10.0 Å². The largest absolute Gasteiger partial charge is 0.391 e. The summed E-state index contributed by atoms with van der Waals surface area (Å²) in [6.45, 7) is 0.953. The predicted octanol–water partition coefficient (Wildman–Crippen LogP) is 2.07. The van der Waals surface area contributed by atoms with E-state index in [0.717, 1.165) is 4.90 Å². The van der Waals surface area contributed by atoms with Gasteiger partial charge in [-0.1, -0.05) is 0 Å². The van der Waals surface area contributed by atoms with Crippen LogP contribution >= 0.6 is 11.8 Å². The molecule has 4 rings (SSSR count). The minimum atomic E-state index is -3.52. The van der Waals surface area contributed by atoms with Gasteiger partial charge in [0.05, 0.1) is 23.2 Å². The molecule has 0 radical (unpaired) electrons. The third-order valence-corrected chi connectivity index (χ3v) is 8.29. The third kappa shape index (κ3) is 3.89. The Labute approximate surface area is 169 Å². The zero-order valence-corrected chi connectivity index (χ0v) is 17.2. The zero-order valence-electron chi connectivity index (χ0n) is 15.6. The summed E-state index contributed by atoms with van der Waals surface area (Å²) in [5.41, 5.74) is 0. The number of hydrogen-bond acceptors (Lipinski definition) is 7. The van der Waals surface area contributed by atoms with Crippen LogP contribution < -0.4 is 5.32 Å². The van der Waals surface area contributed by atoms with Gasteiger partial charge in [-0.2, -0.15) is 4.31 Å². The van der Waals surface area contributed by atoms with Crippen LogP contribution in [-0.4, -0.2) is 59.3 Å². The molecule has 1 aliphatic heterocycles. The maximum absolute atomic E-state index is 13.1. The fourth-order valence-corrected chi connectivity index (χ4v) is 6.16. The Kier molecular flexibility index (Phi) is 5.59. The van der Waals surface area contributed by atoms with Crippen molar-refractivity contribution in [2.24, 2.45) is 11.8 Å². The molecule has 0 bridgehead atoms. The van der Waals surface area contributed by atoms with Crippen molar-refractivity contribution < 1.29 is 13.5 Å². The number of fused-ring (bicyclic) bond motifs is 1. The summed E-state index contributed by atoms with van der Waals surface area (Å²) in [6.07, 6.45) is 7.55. The van der Waals surface area contributed by atoms with Gasteiger partial charge in [0.15, 0.2) is 0 Å². The molecule has 2 heterocycles. The Morgan fingerprint density at radius 2 is 1.86 bits per heavy atom. The van der Waals surface area contributed by atoms with Crippen LogP contribution in [0.25, 0.3) is 0 Å². The summed E-state index contributed by atoms with van der Waals surface area (Å²) in [5, 5.41) is 13.8.